The maximum absolute atomic E-state index is 12.0. The van der Waals surface area contributed by atoms with Gasteiger partial charge in [0.15, 0.2) is 0 Å². The fourth-order valence-corrected chi connectivity index (χ4v) is 0.942. The number of hydrazine groups is 1. The van der Waals surface area contributed by atoms with Gasteiger partial charge in [0.05, 0.1) is 0 Å². The third kappa shape index (κ3) is 1.90. The minimum Gasteiger partial charge on any atom is -0.478 e. The van der Waals surface area contributed by atoms with Crippen molar-refractivity contribution < 1.29 is 28.2 Å². The number of rotatable bonds is 1. The molecule has 8 heteroatoms. The van der Waals surface area contributed by atoms with Crippen LogP contribution in [-0.4, -0.2) is 34.1 Å². The molecule has 76 valence electrons. The van der Waals surface area contributed by atoms with E-state index in [2.05, 4.69) is 0 Å². The van der Waals surface area contributed by atoms with Crippen LogP contribution in [0.4, 0.5) is 13.2 Å². The molecule has 2 atom stereocenters. The predicted molar refractivity (Wildman–Crippen MR) is 33.3 cm³/mol. The Morgan fingerprint density at radius 1 is 1.54 bits per heavy atom. The van der Waals surface area contributed by atoms with E-state index in [0.29, 0.717) is 0 Å². The third-order valence-electron chi connectivity index (χ3n) is 1.70. The summed E-state index contributed by atoms with van der Waals surface area (Å²) >= 11 is 0. The Balaban J connectivity index is 2.69. The van der Waals surface area contributed by atoms with Crippen LogP contribution in [0.15, 0.2) is 0 Å². The standard InChI is InChI=1S/C5H7F3N2O3/c6-5(7,8)2-1-4(13,3(11)12)10-9-2/h2,9-10,13H,1H2,(H,11,12). The van der Waals surface area contributed by atoms with Gasteiger partial charge in [-0.05, 0) is 0 Å². The van der Waals surface area contributed by atoms with E-state index in [1.54, 1.807) is 10.9 Å². The second-order valence-corrected chi connectivity index (χ2v) is 2.73. The Labute approximate surface area is 70.5 Å². The SMILES string of the molecule is O=C(O)C1(O)CC(C(F)(F)F)NN1. The molecule has 4 N–H and O–H groups in total. The van der Waals surface area contributed by atoms with E-state index in [1.807, 2.05) is 0 Å². The zero-order valence-corrected chi connectivity index (χ0v) is 6.22. The molecule has 1 heterocycles. The minimum absolute atomic E-state index is 0.953. The molecule has 0 bridgehead atoms. The van der Waals surface area contributed by atoms with Gasteiger partial charge in [-0.15, -0.1) is 0 Å². The second-order valence-electron chi connectivity index (χ2n) is 2.73. The van der Waals surface area contributed by atoms with Crippen molar-refractivity contribution in [1.29, 1.82) is 0 Å². The van der Waals surface area contributed by atoms with Crippen molar-refractivity contribution in [3.05, 3.63) is 0 Å². The van der Waals surface area contributed by atoms with Crippen LogP contribution in [-0.2, 0) is 4.79 Å². The number of hydrogen-bond acceptors (Lipinski definition) is 4. The topological polar surface area (TPSA) is 81.6 Å². The monoisotopic (exact) mass is 200 g/mol. The van der Waals surface area contributed by atoms with Gasteiger partial charge < -0.3 is 10.2 Å². The van der Waals surface area contributed by atoms with Crippen LogP contribution in [0.5, 0.6) is 0 Å². The molecule has 0 radical (unpaired) electrons. The number of nitrogens with one attached hydrogen (secondary N) is 2. The molecule has 1 aliphatic rings. The van der Waals surface area contributed by atoms with Gasteiger partial charge in [0.25, 0.3) is 0 Å². The van der Waals surface area contributed by atoms with Crippen LogP contribution in [0.25, 0.3) is 0 Å². The second kappa shape index (κ2) is 2.82. The van der Waals surface area contributed by atoms with Gasteiger partial charge in [-0.3, -0.25) is 0 Å². The summed E-state index contributed by atoms with van der Waals surface area (Å²) in [6.45, 7) is 0. The zero-order chi connectivity index (χ0) is 10.3. The molecule has 0 aromatic rings. The lowest BCUT2D eigenvalue weighted by Crippen LogP contribution is -2.50. The molecule has 2 unspecified atom stereocenters. The highest BCUT2D eigenvalue weighted by molar-refractivity contribution is 5.76. The van der Waals surface area contributed by atoms with Crippen molar-refractivity contribution in [3.8, 4) is 0 Å². The molecule has 0 saturated carbocycles. The van der Waals surface area contributed by atoms with Gasteiger partial charge >= 0.3 is 12.1 Å². The van der Waals surface area contributed by atoms with Crippen molar-refractivity contribution in [2.75, 3.05) is 0 Å². The molecule has 0 aromatic carbocycles. The summed E-state index contributed by atoms with van der Waals surface area (Å²) in [6.07, 6.45) is -5.53. The first kappa shape index (κ1) is 10.2. The number of aliphatic carboxylic acids is 1. The van der Waals surface area contributed by atoms with E-state index >= 15 is 0 Å². The van der Waals surface area contributed by atoms with E-state index in [1.165, 1.54) is 0 Å². The molecule has 0 amide bonds. The number of aliphatic hydroxyl groups is 1. The summed E-state index contributed by atoms with van der Waals surface area (Å²) in [7, 11) is 0. The molecule has 0 spiro atoms. The molecule has 1 saturated heterocycles. The normalized spacial score (nSPS) is 34.9. The molecule has 13 heavy (non-hydrogen) atoms. The van der Waals surface area contributed by atoms with Gasteiger partial charge in [-0.2, -0.15) is 13.2 Å². The molecule has 1 aliphatic heterocycles. The maximum Gasteiger partial charge on any atom is 0.405 e. The molecular weight excluding hydrogens is 193 g/mol. The van der Waals surface area contributed by atoms with Crippen LogP contribution in [0.2, 0.25) is 0 Å². The van der Waals surface area contributed by atoms with Crippen molar-refractivity contribution in [1.82, 2.24) is 10.9 Å². The predicted octanol–water partition coefficient (Wildman–Crippen LogP) is -0.812. The summed E-state index contributed by atoms with van der Waals surface area (Å²) in [6, 6.07) is -2.05. The summed E-state index contributed by atoms with van der Waals surface area (Å²) in [5.74, 6) is -1.74. The van der Waals surface area contributed by atoms with Crippen LogP contribution in [0.3, 0.4) is 0 Å². The Hall–Kier alpha value is -0.860. The molecule has 1 fully saturated rings. The van der Waals surface area contributed by atoms with E-state index in [4.69, 9.17) is 10.2 Å². The average molecular weight is 200 g/mol. The Morgan fingerprint density at radius 3 is 2.31 bits per heavy atom. The van der Waals surface area contributed by atoms with E-state index in [-0.39, 0.29) is 0 Å². The Bertz CT molecular complexity index is 232. The van der Waals surface area contributed by atoms with E-state index in [0.717, 1.165) is 0 Å². The number of carboxylic acids is 1. The summed E-state index contributed by atoms with van der Waals surface area (Å²) < 4.78 is 35.9. The van der Waals surface area contributed by atoms with Crippen molar-refractivity contribution in [2.24, 2.45) is 0 Å². The number of halogens is 3. The number of carboxylic acid groups (broad SMARTS) is 1. The summed E-state index contributed by atoms with van der Waals surface area (Å²) in [5.41, 5.74) is 0.796. The highest BCUT2D eigenvalue weighted by atomic mass is 19.4. The first-order valence-electron chi connectivity index (χ1n) is 3.31. The van der Waals surface area contributed by atoms with Gasteiger partial charge in [0.1, 0.15) is 6.04 Å². The fraction of sp³-hybridized carbons (Fsp3) is 0.800. The van der Waals surface area contributed by atoms with Crippen molar-refractivity contribution >= 4 is 5.97 Å². The number of hydrogen-bond donors (Lipinski definition) is 4. The number of alkyl halides is 3. The van der Waals surface area contributed by atoms with Crippen LogP contribution < -0.4 is 10.9 Å². The van der Waals surface area contributed by atoms with Crippen LogP contribution in [0.1, 0.15) is 6.42 Å². The number of carbonyl (C=O) groups is 1. The van der Waals surface area contributed by atoms with E-state index < -0.39 is 30.3 Å². The van der Waals surface area contributed by atoms with Gasteiger partial charge in [0.2, 0.25) is 5.72 Å². The van der Waals surface area contributed by atoms with Gasteiger partial charge in [0, 0.05) is 6.42 Å². The molecule has 1 rings (SSSR count). The maximum atomic E-state index is 12.0. The minimum atomic E-state index is -4.58. The van der Waals surface area contributed by atoms with Gasteiger partial charge in [-0.25, -0.2) is 15.6 Å². The smallest absolute Gasteiger partial charge is 0.405 e. The Kier molecular flexibility index (Phi) is 2.22. The molecule has 0 aliphatic carbocycles. The van der Waals surface area contributed by atoms with Crippen LogP contribution in [0, 0.1) is 0 Å². The molecule has 0 aromatic heterocycles. The van der Waals surface area contributed by atoms with Crippen LogP contribution >= 0.6 is 0 Å². The Morgan fingerprint density at radius 2 is 2.08 bits per heavy atom. The zero-order valence-electron chi connectivity index (χ0n) is 6.22. The molecule has 5 nitrogen and oxygen atoms in total. The lowest BCUT2D eigenvalue weighted by atomic mass is 10.1. The lowest BCUT2D eigenvalue weighted by molar-refractivity contribution is -0.166. The summed E-state index contributed by atoms with van der Waals surface area (Å²) in [5, 5.41) is 17.4. The van der Waals surface area contributed by atoms with E-state index in [9.17, 15) is 18.0 Å². The largest absolute Gasteiger partial charge is 0.478 e. The van der Waals surface area contributed by atoms with Crippen molar-refractivity contribution in [3.63, 3.8) is 0 Å². The third-order valence-corrected chi connectivity index (χ3v) is 1.70. The summed E-state index contributed by atoms with van der Waals surface area (Å²) in [4.78, 5) is 10.3. The van der Waals surface area contributed by atoms with Crippen molar-refractivity contribution in [2.45, 2.75) is 24.4 Å². The quantitative estimate of drug-likeness (QED) is 0.445. The molecular formula is C5H7F3N2O3. The van der Waals surface area contributed by atoms with Gasteiger partial charge in [-0.1, -0.05) is 0 Å². The first-order chi connectivity index (χ1) is 5.76. The first-order valence-corrected chi connectivity index (χ1v) is 3.31. The fourth-order valence-electron chi connectivity index (χ4n) is 0.942. The highest BCUT2D eigenvalue weighted by Gasteiger charge is 2.53. The lowest BCUT2D eigenvalue weighted by Gasteiger charge is -2.15. The average Bonchev–Trinajstić information content (AvgIpc) is 2.31. The highest BCUT2D eigenvalue weighted by Crippen LogP contribution is 2.28.